The van der Waals surface area contributed by atoms with E-state index in [9.17, 15) is 15.2 Å². The molecule has 0 atom stereocenters. The fourth-order valence-electron chi connectivity index (χ4n) is 3.04. The number of fused-ring (bicyclic) bond motifs is 4. The summed E-state index contributed by atoms with van der Waals surface area (Å²) < 4.78 is 0.903. The first kappa shape index (κ1) is 17.2. The molecule has 0 saturated carbocycles. The highest BCUT2D eigenvalue weighted by atomic mass is 79.9. The van der Waals surface area contributed by atoms with Crippen molar-refractivity contribution in [3.8, 4) is 5.88 Å². The van der Waals surface area contributed by atoms with Crippen molar-refractivity contribution < 1.29 is 10.0 Å². The number of halogens is 1. The predicted octanol–water partition coefficient (Wildman–Crippen LogP) is 4.78. The van der Waals surface area contributed by atoms with E-state index in [-0.39, 0.29) is 23.2 Å². The van der Waals surface area contributed by atoms with E-state index >= 15 is 0 Å². The number of rotatable bonds is 3. The minimum atomic E-state index is -0.528. The van der Waals surface area contributed by atoms with Crippen LogP contribution in [0.1, 0.15) is 0 Å². The molecule has 0 spiro atoms. The molecule has 142 valence electrons. The van der Waals surface area contributed by atoms with Crippen molar-refractivity contribution in [2.24, 2.45) is 10.2 Å². The molecule has 0 bridgehead atoms. The Bertz CT molecular complexity index is 1470. The molecule has 5 aromatic rings. The molecule has 0 fully saturated rings. The van der Waals surface area contributed by atoms with Gasteiger partial charge in [-0.1, -0.05) is 15.9 Å². The van der Waals surface area contributed by atoms with Crippen molar-refractivity contribution in [2.45, 2.75) is 0 Å². The highest BCUT2D eigenvalue weighted by molar-refractivity contribution is 9.10. The van der Waals surface area contributed by atoms with Gasteiger partial charge in [0.2, 0.25) is 5.88 Å². The first-order chi connectivity index (χ1) is 14.0. The number of hydrogen-bond acceptors (Lipinski definition) is 8. The maximum atomic E-state index is 11.0. The third-order valence-electron chi connectivity index (χ3n) is 4.35. The molecule has 5 rings (SSSR count). The van der Waals surface area contributed by atoms with E-state index in [1.807, 2.05) is 18.2 Å². The van der Waals surface area contributed by atoms with Gasteiger partial charge in [0.25, 0.3) is 11.6 Å². The van der Waals surface area contributed by atoms with Crippen LogP contribution >= 0.6 is 15.9 Å². The number of hydrogen-bond donors (Lipinski definition) is 3. The van der Waals surface area contributed by atoms with Gasteiger partial charge in [-0.3, -0.25) is 10.1 Å². The summed E-state index contributed by atoms with van der Waals surface area (Å²) in [5.41, 5.74) is 2.33. The second-order valence-corrected chi connectivity index (χ2v) is 7.05. The third-order valence-corrected chi connectivity index (χ3v) is 4.84. The van der Waals surface area contributed by atoms with Gasteiger partial charge in [0.15, 0.2) is 11.3 Å². The van der Waals surface area contributed by atoms with Crippen molar-refractivity contribution in [1.82, 2.24) is 25.1 Å². The van der Waals surface area contributed by atoms with Crippen LogP contribution in [0.4, 0.5) is 17.3 Å². The molecule has 12 heteroatoms. The van der Waals surface area contributed by atoms with Crippen molar-refractivity contribution in [1.29, 1.82) is 0 Å². The number of aromatic nitrogens is 5. The number of nitro groups is 1. The van der Waals surface area contributed by atoms with E-state index in [1.165, 1.54) is 18.2 Å². The Labute approximate surface area is 168 Å². The van der Waals surface area contributed by atoms with Crippen LogP contribution in [-0.2, 0) is 0 Å². The summed E-state index contributed by atoms with van der Waals surface area (Å²) in [6.45, 7) is 0. The van der Waals surface area contributed by atoms with E-state index in [0.29, 0.717) is 22.1 Å². The van der Waals surface area contributed by atoms with Crippen LogP contribution in [-0.4, -0.2) is 35.2 Å². The van der Waals surface area contributed by atoms with Crippen LogP contribution in [0.2, 0.25) is 0 Å². The third kappa shape index (κ3) is 2.86. The molecule has 3 heterocycles. The lowest BCUT2D eigenvalue weighted by atomic mass is 10.2. The first-order valence-corrected chi connectivity index (χ1v) is 9.01. The van der Waals surface area contributed by atoms with Gasteiger partial charge < -0.3 is 15.1 Å². The number of non-ortho nitro benzene ring substituents is 1. The Kier molecular flexibility index (Phi) is 3.74. The number of aromatic amines is 2. The van der Waals surface area contributed by atoms with Gasteiger partial charge in [0.1, 0.15) is 5.52 Å². The molecule has 0 aliphatic carbocycles. The first-order valence-electron chi connectivity index (χ1n) is 8.22. The molecule has 0 aliphatic heterocycles. The lowest BCUT2D eigenvalue weighted by Gasteiger charge is -1.94. The highest BCUT2D eigenvalue weighted by Crippen LogP contribution is 2.37. The smallest absolute Gasteiger partial charge is 0.289 e. The summed E-state index contributed by atoms with van der Waals surface area (Å²) in [7, 11) is 0. The molecule has 29 heavy (non-hydrogen) atoms. The van der Waals surface area contributed by atoms with Crippen LogP contribution in [0, 0.1) is 10.1 Å². The van der Waals surface area contributed by atoms with Crippen molar-refractivity contribution in [3.63, 3.8) is 0 Å². The molecule has 3 N–H and O–H groups in total. The molecule has 0 unspecified atom stereocenters. The second-order valence-electron chi connectivity index (χ2n) is 6.13. The van der Waals surface area contributed by atoms with E-state index in [4.69, 9.17) is 0 Å². The molecular formula is C17H9BrN8O3. The van der Waals surface area contributed by atoms with Gasteiger partial charge >= 0.3 is 0 Å². The van der Waals surface area contributed by atoms with Gasteiger partial charge in [0, 0.05) is 32.9 Å². The summed E-state index contributed by atoms with van der Waals surface area (Å²) in [6, 6.07) is 9.80. The number of nitrogens with one attached hydrogen (secondary N) is 2. The standard InChI is InChI=1S/C17H9BrN8O3/c18-7-1-3-11-9(5-7)13-15(19-11)21-17(24-22-13)25-23-14-10-6-8(26(28)29)2-4-12(10)20-16(14)27/h1-6,20,27H,(H,19,21,24). The Balaban J connectivity index is 1.58. The van der Waals surface area contributed by atoms with Crippen LogP contribution < -0.4 is 0 Å². The van der Waals surface area contributed by atoms with Crippen LogP contribution in [0.25, 0.3) is 33.0 Å². The number of aromatic hydroxyl groups is 1. The minimum Gasteiger partial charge on any atom is -0.493 e. The number of nitro benzene ring substituents is 1. The molecule has 0 aliphatic rings. The van der Waals surface area contributed by atoms with Gasteiger partial charge in [-0.05, 0) is 24.3 Å². The van der Waals surface area contributed by atoms with Gasteiger partial charge in [-0.25, -0.2) is 0 Å². The Morgan fingerprint density at radius 3 is 2.66 bits per heavy atom. The van der Waals surface area contributed by atoms with Crippen LogP contribution in [0.3, 0.4) is 0 Å². The molecule has 0 amide bonds. The van der Waals surface area contributed by atoms with Gasteiger partial charge in [-0.2, -0.15) is 4.98 Å². The van der Waals surface area contributed by atoms with Crippen LogP contribution in [0.15, 0.2) is 51.1 Å². The van der Waals surface area contributed by atoms with E-state index in [1.54, 1.807) is 0 Å². The topological polar surface area (TPSA) is 158 Å². The Morgan fingerprint density at radius 1 is 1.03 bits per heavy atom. The molecule has 11 nitrogen and oxygen atoms in total. The number of azo groups is 1. The molecule has 0 saturated heterocycles. The van der Waals surface area contributed by atoms with Gasteiger partial charge in [0.05, 0.1) is 10.4 Å². The lowest BCUT2D eigenvalue weighted by molar-refractivity contribution is -0.384. The fraction of sp³-hybridized carbons (Fsp3) is 0. The summed E-state index contributed by atoms with van der Waals surface area (Å²) in [6.07, 6.45) is 0. The van der Waals surface area contributed by atoms with Crippen molar-refractivity contribution in [3.05, 3.63) is 51.0 Å². The zero-order valence-corrected chi connectivity index (χ0v) is 15.9. The summed E-state index contributed by atoms with van der Waals surface area (Å²) >= 11 is 3.42. The summed E-state index contributed by atoms with van der Waals surface area (Å²) in [5.74, 6) is -0.295. The van der Waals surface area contributed by atoms with Crippen LogP contribution in [0.5, 0.6) is 5.88 Å². The zero-order valence-electron chi connectivity index (χ0n) is 14.3. The highest BCUT2D eigenvalue weighted by Gasteiger charge is 2.15. The average molecular weight is 453 g/mol. The lowest BCUT2D eigenvalue weighted by Crippen LogP contribution is -1.87. The normalized spacial score (nSPS) is 11.9. The largest absolute Gasteiger partial charge is 0.493 e. The zero-order chi connectivity index (χ0) is 20.1. The maximum absolute atomic E-state index is 11.0. The van der Waals surface area contributed by atoms with Crippen molar-refractivity contribution >= 4 is 66.2 Å². The second kappa shape index (κ2) is 6.31. The SMILES string of the molecule is O=[N+]([O-])c1ccc2[nH]c(O)c(N=Nc3nnc4c(n3)[nH]c3ccc(Br)cc34)c2c1. The van der Waals surface area contributed by atoms with Gasteiger partial charge in [-0.15, -0.1) is 20.4 Å². The minimum absolute atomic E-state index is 0.0256. The van der Waals surface area contributed by atoms with E-state index < -0.39 is 4.92 Å². The quantitative estimate of drug-likeness (QED) is 0.203. The van der Waals surface area contributed by atoms with E-state index in [0.717, 1.165) is 15.4 Å². The fourth-order valence-corrected chi connectivity index (χ4v) is 3.40. The number of nitrogens with zero attached hydrogens (tertiary/aromatic N) is 6. The molecule has 0 radical (unpaired) electrons. The summed E-state index contributed by atoms with van der Waals surface area (Å²) in [5, 5.41) is 38.3. The van der Waals surface area contributed by atoms with E-state index in [2.05, 4.69) is 51.3 Å². The maximum Gasteiger partial charge on any atom is 0.289 e. The molecular weight excluding hydrogens is 444 g/mol. The molecule has 3 aromatic heterocycles. The Morgan fingerprint density at radius 2 is 1.83 bits per heavy atom. The number of H-pyrrole nitrogens is 2. The van der Waals surface area contributed by atoms with Crippen molar-refractivity contribution in [2.75, 3.05) is 0 Å². The summed E-state index contributed by atoms with van der Waals surface area (Å²) in [4.78, 5) is 20.6. The Hall–Kier alpha value is -3.93. The number of benzene rings is 2. The predicted molar refractivity (Wildman–Crippen MR) is 108 cm³/mol. The monoisotopic (exact) mass is 452 g/mol. The average Bonchev–Trinajstić information content (AvgIpc) is 3.21. The molecule has 2 aromatic carbocycles.